The Bertz CT molecular complexity index is 637. The Balaban J connectivity index is 1.98. The molecule has 3 rings (SSSR count). The van der Waals surface area contributed by atoms with Crippen LogP contribution in [-0.2, 0) is 6.42 Å². The van der Waals surface area contributed by atoms with Gasteiger partial charge in [-0.15, -0.1) is 0 Å². The highest BCUT2D eigenvalue weighted by Gasteiger charge is 2.32. The molecule has 0 saturated carbocycles. The van der Waals surface area contributed by atoms with Crippen molar-refractivity contribution in [2.24, 2.45) is 5.92 Å². The third-order valence-corrected chi connectivity index (χ3v) is 4.15. The number of hydrogen-bond donors (Lipinski definition) is 0. The molecule has 108 valence electrons. The molecule has 21 heavy (non-hydrogen) atoms. The zero-order valence-corrected chi connectivity index (χ0v) is 12.5. The highest BCUT2D eigenvalue weighted by atomic mass is 16.2. The summed E-state index contributed by atoms with van der Waals surface area (Å²) in [6.07, 6.45) is 4.28. The van der Waals surface area contributed by atoms with Crippen LogP contribution in [0.15, 0.2) is 48.8 Å². The van der Waals surface area contributed by atoms with E-state index in [4.69, 9.17) is 0 Å². The molecule has 3 nitrogen and oxygen atoms in total. The van der Waals surface area contributed by atoms with Crippen LogP contribution < -0.4 is 0 Å². The molecule has 1 aromatic carbocycles. The summed E-state index contributed by atoms with van der Waals surface area (Å²) in [5.41, 5.74) is 3.38. The fraction of sp³-hybridized carbons (Fsp3) is 0.333. The van der Waals surface area contributed by atoms with Gasteiger partial charge >= 0.3 is 0 Å². The van der Waals surface area contributed by atoms with E-state index < -0.39 is 0 Å². The van der Waals surface area contributed by atoms with Gasteiger partial charge in [0.05, 0.1) is 6.04 Å². The van der Waals surface area contributed by atoms with Gasteiger partial charge in [-0.05, 0) is 35.6 Å². The fourth-order valence-electron chi connectivity index (χ4n) is 3.21. The SMILES string of the molecule is CC(C)C1c2ccccc2CCN1C(=O)c1ccncc1. The Kier molecular flexibility index (Phi) is 3.74. The maximum Gasteiger partial charge on any atom is 0.254 e. The van der Waals surface area contributed by atoms with E-state index in [-0.39, 0.29) is 11.9 Å². The molecule has 1 unspecified atom stereocenters. The highest BCUT2D eigenvalue weighted by molar-refractivity contribution is 5.94. The van der Waals surface area contributed by atoms with Crippen molar-refractivity contribution in [2.45, 2.75) is 26.3 Å². The summed E-state index contributed by atoms with van der Waals surface area (Å²) >= 11 is 0. The number of amides is 1. The average molecular weight is 280 g/mol. The minimum atomic E-state index is 0.102. The van der Waals surface area contributed by atoms with Crippen LogP contribution in [0.2, 0.25) is 0 Å². The van der Waals surface area contributed by atoms with Crippen LogP contribution in [0, 0.1) is 5.92 Å². The van der Waals surface area contributed by atoms with Crippen LogP contribution in [0.3, 0.4) is 0 Å². The first-order chi connectivity index (χ1) is 10.2. The van der Waals surface area contributed by atoms with Gasteiger partial charge in [0.1, 0.15) is 0 Å². The van der Waals surface area contributed by atoms with Crippen molar-refractivity contribution in [3.05, 3.63) is 65.5 Å². The first-order valence-electron chi connectivity index (χ1n) is 7.47. The van der Waals surface area contributed by atoms with Gasteiger partial charge in [-0.2, -0.15) is 0 Å². The topological polar surface area (TPSA) is 33.2 Å². The van der Waals surface area contributed by atoms with Gasteiger partial charge in [0, 0.05) is 24.5 Å². The van der Waals surface area contributed by atoms with E-state index in [2.05, 4.69) is 43.1 Å². The molecule has 3 heteroatoms. The molecule has 1 aliphatic rings. The minimum Gasteiger partial charge on any atom is -0.331 e. The van der Waals surface area contributed by atoms with Crippen molar-refractivity contribution >= 4 is 5.91 Å². The summed E-state index contributed by atoms with van der Waals surface area (Å²) in [6, 6.07) is 12.2. The van der Waals surface area contributed by atoms with Crippen LogP contribution in [0.1, 0.15) is 41.4 Å². The lowest BCUT2D eigenvalue weighted by atomic mass is 9.86. The van der Waals surface area contributed by atoms with Crippen molar-refractivity contribution in [1.82, 2.24) is 9.88 Å². The molecule has 0 spiro atoms. The van der Waals surface area contributed by atoms with Gasteiger partial charge in [0.15, 0.2) is 0 Å². The smallest absolute Gasteiger partial charge is 0.254 e. The van der Waals surface area contributed by atoms with E-state index >= 15 is 0 Å². The van der Waals surface area contributed by atoms with Gasteiger partial charge in [0.25, 0.3) is 5.91 Å². The summed E-state index contributed by atoms with van der Waals surface area (Å²) in [6.45, 7) is 5.14. The summed E-state index contributed by atoms with van der Waals surface area (Å²) in [5, 5.41) is 0. The first kappa shape index (κ1) is 13.8. The summed E-state index contributed by atoms with van der Waals surface area (Å²) < 4.78 is 0. The van der Waals surface area contributed by atoms with Crippen LogP contribution in [0.25, 0.3) is 0 Å². The van der Waals surface area contributed by atoms with Gasteiger partial charge in [-0.1, -0.05) is 38.1 Å². The number of aromatic nitrogens is 1. The predicted octanol–water partition coefficient (Wildman–Crippen LogP) is 3.48. The molecule has 0 aliphatic carbocycles. The molecule has 1 aliphatic heterocycles. The van der Waals surface area contributed by atoms with Crippen LogP contribution in [0.4, 0.5) is 0 Å². The molecule has 0 radical (unpaired) electrons. The van der Waals surface area contributed by atoms with Gasteiger partial charge in [0.2, 0.25) is 0 Å². The van der Waals surface area contributed by atoms with E-state index in [1.165, 1.54) is 11.1 Å². The zero-order chi connectivity index (χ0) is 14.8. The van der Waals surface area contributed by atoms with Gasteiger partial charge in [-0.3, -0.25) is 9.78 Å². The van der Waals surface area contributed by atoms with Crippen molar-refractivity contribution in [3.8, 4) is 0 Å². The molecule has 1 aromatic heterocycles. The number of fused-ring (bicyclic) bond motifs is 1. The fourth-order valence-corrected chi connectivity index (χ4v) is 3.21. The molecule has 0 N–H and O–H groups in total. The Labute approximate surface area is 125 Å². The standard InChI is InChI=1S/C18H20N2O/c1-13(2)17-16-6-4-3-5-14(16)9-12-20(17)18(21)15-7-10-19-11-8-15/h3-8,10-11,13,17H,9,12H2,1-2H3. The van der Waals surface area contributed by atoms with Crippen molar-refractivity contribution in [3.63, 3.8) is 0 Å². The van der Waals surface area contributed by atoms with Gasteiger partial charge in [-0.25, -0.2) is 0 Å². The number of nitrogens with zero attached hydrogens (tertiary/aromatic N) is 2. The molecular weight excluding hydrogens is 260 g/mol. The predicted molar refractivity (Wildman–Crippen MR) is 83.0 cm³/mol. The van der Waals surface area contributed by atoms with Crippen molar-refractivity contribution in [1.29, 1.82) is 0 Å². The minimum absolute atomic E-state index is 0.102. The largest absolute Gasteiger partial charge is 0.331 e. The second kappa shape index (κ2) is 5.68. The Morgan fingerprint density at radius 1 is 1.19 bits per heavy atom. The number of pyridine rings is 1. The normalized spacial score (nSPS) is 17.7. The Morgan fingerprint density at radius 3 is 2.62 bits per heavy atom. The maximum absolute atomic E-state index is 12.8. The average Bonchev–Trinajstić information content (AvgIpc) is 2.53. The van der Waals surface area contributed by atoms with E-state index in [9.17, 15) is 4.79 Å². The number of carbonyl (C=O) groups is 1. The maximum atomic E-state index is 12.8. The lowest BCUT2D eigenvalue weighted by molar-refractivity contribution is 0.0603. The number of rotatable bonds is 2. The van der Waals surface area contributed by atoms with E-state index in [0.717, 1.165) is 18.5 Å². The monoisotopic (exact) mass is 280 g/mol. The van der Waals surface area contributed by atoms with E-state index in [0.29, 0.717) is 5.92 Å². The van der Waals surface area contributed by atoms with Crippen LogP contribution in [-0.4, -0.2) is 22.3 Å². The molecule has 0 fully saturated rings. The molecular formula is C18H20N2O. The molecule has 1 atom stereocenters. The van der Waals surface area contributed by atoms with Gasteiger partial charge < -0.3 is 4.90 Å². The molecule has 1 amide bonds. The van der Waals surface area contributed by atoms with E-state index in [1.807, 2.05) is 4.90 Å². The molecule has 0 bridgehead atoms. The lowest BCUT2D eigenvalue weighted by Crippen LogP contribution is -2.42. The molecule has 2 heterocycles. The third kappa shape index (κ3) is 2.56. The lowest BCUT2D eigenvalue weighted by Gasteiger charge is -2.39. The molecule has 2 aromatic rings. The zero-order valence-electron chi connectivity index (χ0n) is 12.5. The summed E-state index contributed by atoms with van der Waals surface area (Å²) in [5.74, 6) is 0.489. The Hall–Kier alpha value is -2.16. The summed E-state index contributed by atoms with van der Waals surface area (Å²) in [4.78, 5) is 18.8. The van der Waals surface area contributed by atoms with Crippen LogP contribution >= 0.6 is 0 Å². The second-order valence-electron chi connectivity index (χ2n) is 5.87. The van der Waals surface area contributed by atoms with Crippen molar-refractivity contribution < 1.29 is 4.79 Å². The number of hydrogen-bond acceptors (Lipinski definition) is 2. The molecule has 0 saturated heterocycles. The first-order valence-corrected chi connectivity index (χ1v) is 7.47. The van der Waals surface area contributed by atoms with Crippen molar-refractivity contribution in [2.75, 3.05) is 6.54 Å². The number of carbonyl (C=O) groups excluding carboxylic acids is 1. The third-order valence-electron chi connectivity index (χ3n) is 4.15. The number of benzene rings is 1. The second-order valence-corrected chi connectivity index (χ2v) is 5.87. The Morgan fingerprint density at radius 2 is 1.90 bits per heavy atom. The van der Waals surface area contributed by atoms with E-state index in [1.54, 1.807) is 24.5 Å². The summed E-state index contributed by atoms with van der Waals surface area (Å²) in [7, 11) is 0. The van der Waals surface area contributed by atoms with Crippen LogP contribution in [0.5, 0.6) is 0 Å². The quantitative estimate of drug-likeness (QED) is 0.844. The highest BCUT2D eigenvalue weighted by Crippen LogP contribution is 2.35.